The van der Waals surface area contributed by atoms with E-state index in [-0.39, 0.29) is 34.2 Å². The van der Waals surface area contributed by atoms with E-state index in [1.54, 1.807) is 13.8 Å². The fourth-order valence-corrected chi connectivity index (χ4v) is 6.55. The number of hydrogen-bond donors (Lipinski definition) is 1. The third kappa shape index (κ3) is 4.82. The molecule has 1 aromatic carbocycles. The summed E-state index contributed by atoms with van der Waals surface area (Å²) in [5.74, 6) is -0.422. The van der Waals surface area contributed by atoms with Crippen LogP contribution in [0.3, 0.4) is 0 Å². The Balaban J connectivity index is 1.75. The van der Waals surface area contributed by atoms with E-state index in [1.807, 2.05) is 0 Å². The summed E-state index contributed by atoms with van der Waals surface area (Å²) in [5.41, 5.74) is 0. The fourth-order valence-electron chi connectivity index (χ4n) is 3.57. The summed E-state index contributed by atoms with van der Waals surface area (Å²) in [6, 6.07) is 5.58. The van der Waals surface area contributed by atoms with Crippen LogP contribution in [0, 0.1) is 5.92 Å². The van der Waals surface area contributed by atoms with Crippen molar-refractivity contribution in [3.05, 3.63) is 24.3 Å². The lowest BCUT2D eigenvalue weighted by molar-refractivity contribution is -0.126. The van der Waals surface area contributed by atoms with E-state index >= 15 is 0 Å². The number of carbonyl (C=O) groups is 1. The van der Waals surface area contributed by atoms with E-state index in [2.05, 4.69) is 5.32 Å². The zero-order valence-corrected chi connectivity index (χ0v) is 18.5. The second kappa shape index (κ2) is 8.71. The molecule has 1 aromatic rings. The minimum Gasteiger partial charge on any atom is -0.353 e. The van der Waals surface area contributed by atoms with E-state index < -0.39 is 20.0 Å². The summed E-state index contributed by atoms with van der Waals surface area (Å²) in [6.45, 7) is 4.71. The summed E-state index contributed by atoms with van der Waals surface area (Å²) >= 11 is 0. The van der Waals surface area contributed by atoms with Gasteiger partial charge in [-0.05, 0) is 49.9 Å². The molecule has 2 fully saturated rings. The highest BCUT2D eigenvalue weighted by Gasteiger charge is 2.35. The van der Waals surface area contributed by atoms with E-state index in [0.29, 0.717) is 32.5 Å². The molecule has 0 aromatic heterocycles. The van der Waals surface area contributed by atoms with Crippen LogP contribution in [-0.4, -0.2) is 63.6 Å². The van der Waals surface area contributed by atoms with Crippen LogP contribution in [0.15, 0.2) is 34.1 Å². The Hall–Kier alpha value is -1.49. The van der Waals surface area contributed by atoms with Gasteiger partial charge in [0.1, 0.15) is 0 Å². The third-order valence-corrected chi connectivity index (χ3v) is 9.43. The molecule has 1 heterocycles. The Morgan fingerprint density at radius 1 is 1.03 bits per heavy atom. The minimum absolute atomic E-state index is 0.0410. The van der Waals surface area contributed by atoms with Gasteiger partial charge >= 0.3 is 0 Å². The Bertz CT molecular complexity index is 937. The van der Waals surface area contributed by atoms with Crippen molar-refractivity contribution < 1.29 is 21.6 Å². The normalized spacial score (nSPS) is 21.3. The fraction of sp³-hybridized carbons (Fsp3) is 0.632. The first kappa shape index (κ1) is 22.2. The average Bonchev–Trinajstić information content (AvgIpc) is 3.53. The highest BCUT2D eigenvalue weighted by atomic mass is 32.2. The Morgan fingerprint density at radius 3 is 2.17 bits per heavy atom. The molecule has 0 bridgehead atoms. The van der Waals surface area contributed by atoms with Crippen molar-refractivity contribution in [3.63, 3.8) is 0 Å². The quantitative estimate of drug-likeness (QED) is 0.654. The number of nitrogens with zero attached hydrogens (tertiary/aromatic N) is 2. The molecule has 1 N–H and O–H groups in total. The van der Waals surface area contributed by atoms with E-state index in [9.17, 15) is 21.6 Å². The molecule has 1 saturated carbocycles. The number of nitrogens with one attached hydrogen (secondary N) is 1. The molecule has 29 heavy (non-hydrogen) atoms. The molecule has 1 aliphatic heterocycles. The van der Waals surface area contributed by atoms with Gasteiger partial charge in [-0.25, -0.2) is 16.8 Å². The highest BCUT2D eigenvalue weighted by molar-refractivity contribution is 7.89. The molecule has 0 unspecified atom stereocenters. The van der Waals surface area contributed by atoms with Crippen molar-refractivity contribution in [2.75, 3.05) is 26.2 Å². The zero-order valence-electron chi connectivity index (χ0n) is 16.9. The van der Waals surface area contributed by atoms with Gasteiger partial charge in [-0.15, -0.1) is 0 Å². The summed E-state index contributed by atoms with van der Waals surface area (Å²) < 4.78 is 53.9. The molecule has 1 aliphatic carbocycles. The first-order valence-corrected chi connectivity index (χ1v) is 13.0. The van der Waals surface area contributed by atoms with Crippen molar-refractivity contribution in [2.24, 2.45) is 5.92 Å². The lowest BCUT2D eigenvalue weighted by Gasteiger charge is -2.31. The van der Waals surface area contributed by atoms with E-state index in [1.165, 1.54) is 32.9 Å². The topological polar surface area (TPSA) is 104 Å². The minimum atomic E-state index is -3.79. The molecular weight excluding hydrogens is 414 g/mol. The number of rotatable bonds is 8. The van der Waals surface area contributed by atoms with E-state index in [4.69, 9.17) is 0 Å². The number of carbonyl (C=O) groups excluding carboxylic acids is 1. The van der Waals surface area contributed by atoms with Gasteiger partial charge in [0.2, 0.25) is 26.0 Å². The Kier molecular flexibility index (Phi) is 6.67. The smallest absolute Gasteiger partial charge is 0.243 e. The maximum absolute atomic E-state index is 13.0. The van der Waals surface area contributed by atoms with Crippen molar-refractivity contribution in [1.82, 2.24) is 13.9 Å². The maximum Gasteiger partial charge on any atom is 0.243 e. The molecule has 3 rings (SSSR count). The second-order valence-electron chi connectivity index (χ2n) is 7.55. The molecule has 0 spiro atoms. The number of sulfonamides is 2. The van der Waals surface area contributed by atoms with Gasteiger partial charge in [-0.3, -0.25) is 4.79 Å². The second-order valence-corrected chi connectivity index (χ2v) is 11.4. The molecule has 1 saturated heterocycles. The number of hydrogen-bond acceptors (Lipinski definition) is 5. The predicted octanol–water partition coefficient (Wildman–Crippen LogP) is 1.40. The third-order valence-electron chi connectivity index (χ3n) is 5.48. The molecule has 8 nitrogen and oxygen atoms in total. The van der Waals surface area contributed by atoms with Crippen LogP contribution in [0.1, 0.15) is 39.5 Å². The van der Waals surface area contributed by atoms with E-state index in [0.717, 1.165) is 12.8 Å². The van der Waals surface area contributed by atoms with Crippen LogP contribution in [0.25, 0.3) is 0 Å². The van der Waals surface area contributed by atoms with Crippen LogP contribution >= 0.6 is 0 Å². The number of piperidine rings is 1. The van der Waals surface area contributed by atoms with Crippen LogP contribution in [0.4, 0.5) is 0 Å². The van der Waals surface area contributed by atoms with Gasteiger partial charge in [-0.1, -0.05) is 13.8 Å². The van der Waals surface area contributed by atoms with Crippen LogP contribution < -0.4 is 5.32 Å². The van der Waals surface area contributed by atoms with Crippen molar-refractivity contribution in [1.29, 1.82) is 0 Å². The molecule has 10 heteroatoms. The van der Waals surface area contributed by atoms with Gasteiger partial charge in [0.25, 0.3) is 0 Å². The summed E-state index contributed by atoms with van der Waals surface area (Å²) in [6.07, 6.45) is 3.27. The van der Waals surface area contributed by atoms with Gasteiger partial charge in [-0.2, -0.15) is 8.61 Å². The Labute approximate surface area is 173 Å². The first-order chi connectivity index (χ1) is 13.7. The summed E-state index contributed by atoms with van der Waals surface area (Å²) in [5, 5.41) is 2.95. The molecule has 162 valence electrons. The Morgan fingerprint density at radius 2 is 1.62 bits per heavy atom. The van der Waals surface area contributed by atoms with Crippen molar-refractivity contribution in [3.8, 4) is 0 Å². The van der Waals surface area contributed by atoms with Crippen molar-refractivity contribution >= 4 is 26.0 Å². The monoisotopic (exact) mass is 443 g/mol. The average molecular weight is 444 g/mol. The van der Waals surface area contributed by atoms with Crippen LogP contribution in [0.5, 0.6) is 0 Å². The summed E-state index contributed by atoms with van der Waals surface area (Å²) in [4.78, 5) is 12.4. The lowest BCUT2D eigenvalue weighted by atomic mass is 9.99. The predicted molar refractivity (Wildman–Crippen MR) is 109 cm³/mol. The SMILES string of the molecule is CCN(CC)S(=O)(=O)c1ccc(S(=O)(=O)N2CCC[C@@H](C(=O)NC3CC3)C2)cc1. The molecule has 0 radical (unpaired) electrons. The van der Waals surface area contributed by atoms with Crippen molar-refractivity contribution in [2.45, 2.75) is 55.4 Å². The molecular formula is C19H29N3O5S2. The van der Waals surface area contributed by atoms with Gasteiger partial charge in [0.15, 0.2) is 0 Å². The van der Waals surface area contributed by atoms with Gasteiger partial charge in [0.05, 0.1) is 15.7 Å². The van der Waals surface area contributed by atoms with Crippen LogP contribution in [-0.2, 0) is 24.8 Å². The van der Waals surface area contributed by atoms with Crippen LogP contribution in [0.2, 0.25) is 0 Å². The maximum atomic E-state index is 13.0. The lowest BCUT2D eigenvalue weighted by Crippen LogP contribution is -2.45. The highest BCUT2D eigenvalue weighted by Crippen LogP contribution is 2.27. The first-order valence-electron chi connectivity index (χ1n) is 10.1. The number of amides is 1. The largest absolute Gasteiger partial charge is 0.353 e. The number of benzene rings is 1. The zero-order chi connectivity index (χ0) is 21.2. The molecule has 2 aliphatic rings. The van der Waals surface area contributed by atoms with Gasteiger partial charge in [0, 0.05) is 32.2 Å². The standard InChI is InChI=1S/C19H29N3O5S2/c1-3-21(4-2)28(24,25)17-9-11-18(12-10-17)29(26,27)22-13-5-6-15(14-22)19(23)20-16-7-8-16/h9-12,15-16H,3-8,13-14H2,1-2H3,(H,20,23)/t15-/m1/s1. The molecule has 1 amide bonds. The summed E-state index contributed by atoms with van der Waals surface area (Å²) in [7, 11) is -7.43. The molecule has 1 atom stereocenters. The van der Waals surface area contributed by atoms with Gasteiger partial charge < -0.3 is 5.32 Å².